The number of aliphatic hydroxyl groups is 1. The summed E-state index contributed by atoms with van der Waals surface area (Å²) in [7, 11) is 6.04. The molecule has 8 nitrogen and oxygen atoms in total. The Morgan fingerprint density at radius 1 is 0.838 bits per heavy atom. The summed E-state index contributed by atoms with van der Waals surface area (Å²) in [5.74, 6) is -0.000227. The molecular formula is C28H26ClNO7. The minimum Gasteiger partial charge on any atom is -0.507 e. The lowest BCUT2D eigenvalue weighted by Crippen LogP contribution is -2.29. The van der Waals surface area contributed by atoms with Crippen molar-refractivity contribution in [3.63, 3.8) is 0 Å². The van der Waals surface area contributed by atoms with Crippen molar-refractivity contribution in [3.05, 3.63) is 87.9 Å². The molecule has 1 saturated heterocycles. The summed E-state index contributed by atoms with van der Waals surface area (Å²) >= 11 is 6.38. The number of Topliss-reactive ketones (excluding diaryl/α,β-unsaturated/α-hetero) is 1. The molecule has 1 unspecified atom stereocenters. The highest BCUT2D eigenvalue weighted by Gasteiger charge is 2.46. The van der Waals surface area contributed by atoms with Gasteiger partial charge in [-0.05, 0) is 53.6 Å². The molecule has 3 aromatic carbocycles. The molecule has 0 aromatic heterocycles. The summed E-state index contributed by atoms with van der Waals surface area (Å²) in [6, 6.07) is 16.0. The highest BCUT2D eigenvalue weighted by atomic mass is 35.5. The van der Waals surface area contributed by atoms with E-state index >= 15 is 0 Å². The number of ether oxygens (including phenoxy) is 4. The van der Waals surface area contributed by atoms with Crippen molar-refractivity contribution < 1.29 is 33.6 Å². The zero-order chi connectivity index (χ0) is 26.7. The van der Waals surface area contributed by atoms with Crippen LogP contribution in [0, 0.1) is 0 Å². The van der Waals surface area contributed by atoms with E-state index in [0.29, 0.717) is 28.6 Å². The largest absolute Gasteiger partial charge is 0.507 e. The van der Waals surface area contributed by atoms with Gasteiger partial charge >= 0.3 is 0 Å². The van der Waals surface area contributed by atoms with E-state index in [4.69, 9.17) is 30.5 Å². The maximum absolute atomic E-state index is 13.4. The first kappa shape index (κ1) is 25.9. The first-order valence-electron chi connectivity index (χ1n) is 11.3. The molecule has 0 bridgehead atoms. The molecule has 37 heavy (non-hydrogen) atoms. The zero-order valence-corrected chi connectivity index (χ0v) is 21.5. The van der Waals surface area contributed by atoms with Gasteiger partial charge in [-0.1, -0.05) is 29.8 Å². The molecular weight excluding hydrogens is 498 g/mol. The fourth-order valence-electron chi connectivity index (χ4n) is 4.30. The smallest absolute Gasteiger partial charge is 0.295 e. The monoisotopic (exact) mass is 523 g/mol. The molecule has 0 radical (unpaired) electrons. The van der Waals surface area contributed by atoms with Gasteiger partial charge in [-0.3, -0.25) is 9.59 Å². The molecule has 1 aliphatic rings. The van der Waals surface area contributed by atoms with Crippen LogP contribution in [0.25, 0.3) is 5.76 Å². The Kier molecular flexibility index (Phi) is 7.59. The summed E-state index contributed by atoms with van der Waals surface area (Å²) < 4.78 is 21.3. The first-order valence-corrected chi connectivity index (χ1v) is 11.7. The fourth-order valence-corrected chi connectivity index (χ4v) is 4.51. The lowest BCUT2D eigenvalue weighted by molar-refractivity contribution is -0.140. The highest BCUT2D eigenvalue weighted by Crippen LogP contribution is 2.43. The molecule has 0 aliphatic carbocycles. The van der Waals surface area contributed by atoms with Crippen LogP contribution < -0.4 is 18.9 Å². The Hall–Kier alpha value is -4.17. The van der Waals surface area contributed by atoms with Gasteiger partial charge in [-0.25, -0.2) is 0 Å². The third-order valence-corrected chi connectivity index (χ3v) is 6.53. The lowest BCUT2D eigenvalue weighted by atomic mass is 9.94. The minimum absolute atomic E-state index is 0.0964. The van der Waals surface area contributed by atoms with Crippen molar-refractivity contribution in [2.45, 2.75) is 12.6 Å². The van der Waals surface area contributed by atoms with Gasteiger partial charge in [0.2, 0.25) is 0 Å². The number of benzene rings is 3. The third kappa shape index (κ3) is 4.93. The standard InChI is InChI=1S/C28H26ClNO7/c1-34-18-8-5-16(6-9-18)15-30-25(17-7-12-22(36-3)23(13-17)37-4)24(27(32)28(30)33)26(31)20-14-19(35-2)10-11-21(20)29/h5-14,25,31H,15H2,1-4H3/b26-24+. The molecule has 3 aromatic rings. The summed E-state index contributed by atoms with van der Waals surface area (Å²) in [5, 5.41) is 11.6. The topological polar surface area (TPSA) is 94.5 Å². The fraction of sp³-hybridized carbons (Fsp3) is 0.214. The van der Waals surface area contributed by atoms with Crippen molar-refractivity contribution in [1.82, 2.24) is 4.90 Å². The Labute approximate surface area is 219 Å². The highest BCUT2D eigenvalue weighted by molar-refractivity contribution is 6.47. The Morgan fingerprint density at radius 3 is 2.11 bits per heavy atom. The lowest BCUT2D eigenvalue weighted by Gasteiger charge is -2.26. The molecule has 9 heteroatoms. The average Bonchev–Trinajstić information content (AvgIpc) is 3.17. The van der Waals surface area contributed by atoms with Gasteiger partial charge < -0.3 is 29.0 Å². The minimum atomic E-state index is -0.927. The van der Waals surface area contributed by atoms with Crippen LogP contribution in [-0.2, 0) is 16.1 Å². The molecule has 0 saturated carbocycles. The van der Waals surface area contributed by atoms with Crippen LogP contribution in [0.1, 0.15) is 22.7 Å². The van der Waals surface area contributed by atoms with Crippen molar-refractivity contribution in [2.75, 3.05) is 28.4 Å². The normalized spacial score (nSPS) is 16.6. The SMILES string of the molecule is COc1ccc(CN2C(=O)C(=O)/C(=C(/O)c3cc(OC)ccc3Cl)C2c2ccc(OC)c(OC)c2)cc1. The Bertz CT molecular complexity index is 1370. The van der Waals surface area contributed by atoms with E-state index in [0.717, 1.165) is 5.56 Å². The summed E-state index contributed by atoms with van der Waals surface area (Å²) in [4.78, 5) is 28.1. The number of methoxy groups -OCH3 is 4. The number of carbonyl (C=O) groups excluding carboxylic acids is 2. The van der Waals surface area contributed by atoms with Gasteiger partial charge in [0, 0.05) is 12.1 Å². The number of hydrogen-bond donors (Lipinski definition) is 1. The number of nitrogens with zero attached hydrogens (tertiary/aromatic N) is 1. The van der Waals surface area contributed by atoms with Crippen molar-refractivity contribution >= 4 is 29.1 Å². The predicted octanol–water partition coefficient (Wildman–Crippen LogP) is 5.00. The molecule has 1 fully saturated rings. The van der Waals surface area contributed by atoms with Gasteiger partial charge in [0.15, 0.2) is 11.5 Å². The molecule has 1 amide bonds. The number of aliphatic hydroxyl groups excluding tert-OH is 1. The number of hydrogen-bond acceptors (Lipinski definition) is 7. The summed E-state index contributed by atoms with van der Waals surface area (Å²) in [6.07, 6.45) is 0. The molecule has 1 N–H and O–H groups in total. The van der Waals surface area contributed by atoms with E-state index in [9.17, 15) is 14.7 Å². The van der Waals surface area contributed by atoms with Gasteiger partial charge in [0.25, 0.3) is 11.7 Å². The molecule has 1 heterocycles. The second kappa shape index (κ2) is 10.8. The molecule has 0 spiro atoms. The Morgan fingerprint density at radius 2 is 1.49 bits per heavy atom. The van der Waals surface area contributed by atoms with Crippen LogP contribution in [-0.4, -0.2) is 50.1 Å². The number of rotatable bonds is 8. The van der Waals surface area contributed by atoms with Gasteiger partial charge in [-0.2, -0.15) is 0 Å². The van der Waals surface area contributed by atoms with Crippen LogP contribution >= 0.6 is 11.6 Å². The van der Waals surface area contributed by atoms with E-state index in [-0.39, 0.29) is 22.7 Å². The van der Waals surface area contributed by atoms with Crippen LogP contribution in [0.5, 0.6) is 23.0 Å². The van der Waals surface area contributed by atoms with E-state index in [2.05, 4.69) is 0 Å². The predicted molar refractivity (Wildman–Crippen MR) is 138 cm³/mol. The van der Waals surface area contributed by atoms with E-state index in [1.807, 2.05) is 12.1 Å². The average molecular weight is 524 g/mol. The zero-order valence-electron chi connectivity index (χ0n) is 20.8. The quantitative estimate of drug-likeness (QED) is 0.252. The van der Waals surface area contributed by atoms with Crippen LogP contribution in [0.4, 0.5) is 0 Å². The second-order valence-electron chi connectivity index (χ2n) is 8.24. The van der Waals surface area contributed by atoms with Gasteiger partial charge in [-0.15, -0.1) is 0 Å². The van der Waals surface area contributed by atoms with Crippen molar-refractivity contribution in [1.29, 1.82) is 0 Å². The maximum atomic E-state index is 13.4. The number of amides is 1. The first-order chi connectivity index (χ1) is 17.8. The van der Waals surface area contributed by atoms with Crippen LogP contribution in [0.3, 0.4) is 0 Å². The number of ketones is 1. The van der Waals surface area contributed by atoms with Crippen molar-refractivity contribution in [3.8, 4) is 23.0 Å². The van der Waals surface area contributed by atoms with E-state index < -0.39 is 23.5 Å². The van der Waals surface area contributed by atoms with Crippen LogP contribution in [0.2, 0.25) is 5.02 Å². The summed E-state index contributed by atoms with van der Waals surface area (Å²) in [5.41, 5.74) is 1.40. The van der Waals surface area contributed by atoms with Crippen LogP contribution in [0.15, 0.2) is 66.2 Å². The number of carbonyl (C=O) groups is 2. The molecule has 192 valence electrons. The molecule has 1 atom stereocenters. The molecule has 1 aliphatic heterocycles. The summed E-state index contributed by atoms with van der Waals surface area (Å²) in [6.45, 7) is 0.107. The number of likely N-dealkylation sites (tertiary alicyclic amines) is 1. The molecule has 4 rings (SSSR count). The Balaban J connectivity index is 1.90. The van der Waals surface area contributed by atoms with Crippen molar-refractivity contribution in [2.24, 2.45) is 0 Å². The van der Waals surface area contributed by atoms with Gasteiger partial charge in [0.1, 0.15) is 17.3 Å². The maximum Gasteiger partial charge on any atom is 0.295 e. The van der Waals surface area contributed by atoms with E-state index in [1.165, 1.54) is 32.3 Å². The second-order valence-corrected chi connectivity index (χ2v) is 8.64. The third-order valence-electron chi connectivity index (χ3n) is 6.20. The van der Waals surface area contributed by atoms with E-state index in [1.54, 1.807) is 49.6 Å². The number of halogens is 1. The van der Waals surface area contributed by atoms with Gasteiger partial charge in [0.05, 0.1) is 45.1 Å².